The van der Waals surface area contributed by atoms with Crippen LogP contribution in [0.3, 0.4) is 0 Å². The van der Waals surface area contributed by atoms with E-state index in [1.165, 1.54) is 12.8 Å². The van der Waals surface area contributed by atoms with Crippen molar-refractivity contribution in [2.24, 2.45) is 0 Å². The van der Waals surface area contributed by atoms with Crippen molar-refractivity contribution in [2.75, 3.05) is 7.11 Å². The molecule has 0 unspecified atom stereocenters. The van der Waals surface area contributed by atoms with Crippen molar-refractivity contribution >= 4 is 17.2 Å². The lowest BCUT2D eigenvalue weighted by molar-refractivity contribution is -0.121. The first kappa shape index (κ1) is 17.8. The van der Waals surface area contributed by atoms with Crippen LogP contribution in [0.5, 0.6) is 11.5 Å². The molecule has 4 nitrogen and oxygen atoms in total. The lowest BCUT2D eigenvalue weighted by atomic mass is 10.1. The fourth-order valence-electron chi connectivity index (χ4n) is 3.18. The second-order valence-electron chi connectivity index (χ2n) is 6.48. The lowest BCUT2D eigenvalue weighted by Crippen LogP contribution is -2.27. The molecule has 0 radical (unpaired) electrons. The van der Waals surface area contributed by atoms with Crippen molar-refractivity contribution in [3.8, 4) is 11.5 Å². The standard InChI is InChI=1S/C20H25NO3S/c1-14(21-20(22)13-17-8-5-11-25-17)15-9-10-18(19(12-15)23-2)24-16-6-3-4-7-16/h5,8-12,14,16H,3-4,6-7,13H2,1-2H3,(H,21,22)/t14-/m0/s1. The molecule has 2 aromatic rings. The Morgan fingerprint density at radius 2 is 2.08 bits per heavy atom. The van der Waals surface area contributed by atoms with Crippen molar-refractivity contribution in [1.82, 2.24) is 5.32 Å². The highest BCUT2D eigenvalue weighted by Gasteiger charge is 2.19. The maximum absolute atomic E-state index is 12.2. The van der Waals surface area contributed by atoms with Crippen LogP contribution in [0.1, 0.15) is 49.1 Å². The SMILES string of the molecule is COc1cc([C@H](C)NC(=O)Cc2cccs2)ccc1OC1CCCC1. The molecule has 0 aliphatic heterocycles. The summed E-state index contributed by atoms with van der Waals surface area (Å²) in [6.07, 6.45) is 5.40. The summed E-state index contributed by atoms with van der Waals surface area (Å²) in [5.41, 5.74) is 1.01. The molecule has 0 bridgehead atoms. The monoisotopic (exact) mass is 359 g/mol. The van der Waals surface area contributed by atoms with Gasteiger partial charge in [0.15, 0.2) is 11.5 Å². The first-order valence-electron chi connectivity index (χ1n) is 8.82. The molecular weight excluding hydrogens is 334 g/mol. The molecule has 25 heavy (non-hydrogen) atoms. The van der Waals surface area contributed by atoms with E-state index in [0.29, 0.717) is 12.5 Å². The molecule has 1 saturated carbocycles. The minimum absolute atomic E-state index is 0.0280. The molecule has 1 N–H and O–H groups in total. The largest absolute Gasteiger partial charge is 0.493 e. The average molecular weight is 359 g/mol. The molecule has 1 aromatic heterocycles. The molecule has 1 fully saturated rings. The Hall–Kier alpha value is -2.01. The number of benzene rings is 1. The van der Waals surface area contributed by atoms with Gasteiger partial charge in [-0.2, -0.15) is 0 Å². The van der Waals surface area contributed by atoms with E-state index in [0.717, 1.165) is 34.8 Å². The Morgan fingerprint density at radius 1 is 1.28 bits per heavy atom. The molecule has 0 saturated heterocycles. The van der Waals surface area contributed by atoms with Gasteiger partial charge in [-0.3, -0.25) is 4.79 Å². The Labute approximate surface area is 153 Å². The third-order valence-corrected chi connectivity index (χ3v) is 5.45. The van der Waals surface area contributed by atoms with Gasteiger partial charge >= 0.3 is 0 Å². The number of thiophene rings is 1. The molecule has 3 rings (SSSR count). The van der Waals surface area contributed by atoms with Gasteiger partial charge in [-0.1, -0.05) is 12.1 Å². The van der Waals surface area contributed by atoms with E-state index in [1.54, 1.807) is 18.4 Å². The summed E-state index contributed by atoms with van der Waals surface area (Å²) in [7, 11) is 1.65. The van der Waals surface area contributed by atoms with E-state index < -0.39 is 0 Å². The van der Waals surface area contributed by atoms with Crippen molar-refractivity contribution in [3.63, 3.8) is 0 Å². The van der Waals surface area contributed by atoms with Crippen molar-refractivity contribution in [3.05, 3.63) is 46.2 Å². The van der Waals surface area contributed by atoms with Gasteiger partial charge in [-0.05, 0) is 61.7 Å². The summed E-state index contributed by atoms with van der Waals surface area (Å²) in [6.45, 7) is 1.98. The maximum atomic E-state index is 12.2. The number of amides is 1. The summed E-state index contributed by atoms with van der Waals surface area (Å²) in [4.78, 5) is 13.3. The number of carbonyl (C=O) groups is 1. The molecule has 5 heteroatoms. The van der Waals surface area contributed by atoms with Gasteiger partial charge in [0.2, 0.25) is 5.91 Å². The highest BCUT2D eigenvalue weighted by Crippen LogP contribution is 2.33. The Balaban J connectivity index is 1.63. The number of methoxy groups -OCH3 is 1. The molecule has 1 aliphatic rings. The minimum Gasteiger partial charge on any atom is -0.493 e. The van der Waals surface area contributed by atoms with Gasteiger partial charge in [0, 0.05) is 4.88 Å². The molecule has 0 spiro atoms. The molecule has 1 heterocycles. The number of carbonyl (C=O) groups excluding carboxylic acids is 1. The summed E-state index contributed by atoms with van der Waals surface area (Å²) in [6, 6.07) is 9.77. The highest BCUT2D eigenvalue weighted by atomic mass is 32.1. The minimum atomic E-state index is -0.0816. The Bertz CT molecular complexity index is 693. The molecule has 1 aromatic carbocycles. The van der Waals surface area contributed by atoms with Crippen LogP contribution >= 0.6 is 11.3 Å². The predicted octanol–water partition coefficient (Wildman–Crippen LogP) is 4.50. The zero-order chi connectivity index (χ0) is 17.6. The number of hydrogen-bond donors (Lipinski definition) is 1. The average Bonchev–Trinajstić information content (AvgIpc) is 3.29. The van der Waals surface area contributed by atoms with Crippen molar-refractivity contribution in [1.29, 1.82) is 0 Å². The van der Waals surface area contributed by atoms with Crippen LogP contribution in [0.15, 0.2) is 35.7 Å². The highest BCUT2D eigenvalue weighted by molar-refractivity contribution is 7.10. The number of ether oxygens (including phenoxy) is 2. The number of nitrogens with one attached hydrogen (secondary N) is 1. The van der Waals surface area contributed by atoms with Crippen LogP contribution in [0.2, 0.25) is 0 Å². The normalized spacial score (nSPS) is 15.8. The Morgan fingerprint density at radius 3 is 2.76 bits per heavy atom. The van der Waals surface area contributed by atoms with Crippen LogP contribution in [0, 0.1) is 0 Å². The van der Waals surface area contributed by atoms with E-state index in [1.807, 2.05) is 42.6 Å². The second kappa shape index (κ2) is 8.39. The summed E-state index contributed by atoms with van der Waals surface area (Å²) in [5.74, 6) is 1.54. The van der Waals surface area contributed by atoms with Gasteiger partial charge in [-0.25, -0.2) is 0 Å². The van der Waals surface area contributed by atoms with Crippen molar-refractivity contribution < 1.29 is 14.3 Å². The predicted molar refractivity (Wildman–Crippen MR) is 100 cm³/mol. The van der Waals surface area contributed by atoms with E-state index in [2.05, 4.69) is 5.32 Å². The third kappa shape index (κ3) is 4.75. The third-order valence-electron chi connectivity index (χ3n) is 4.58. The zero-order valence-corrected chi connectivity index (χ0v) is 15.6. The summed E-state index contributed by atoms with van der Waals surface area (Å²) >= 11 is 1.60. The zero-order valence-electron chi connectivity index (χ0n) is 14.8. The van der Waals surface area contributed by atoms with Gasteiger partial charge < -0.3 is 14.8 Å². The van der Waals surface area contributed by atoms with Crippen LogP contribution < -0.4 is 14.8 Å². The molecular formula is C20H25NO3S. The van der Waals surface area contributed by atoms with Gasteiger partial charge in [-0.15, -0.1) is 11.3 Å². The first-order chi connectivity index (χ1) is 12.2. The van der Waals surface area contributed by atoms with Crippen LogP contribution in [-0.4, -0.2) is 19.1 Å². The van der Waals surface area contributed by atoms with E-state index >= 15 is 0 Å². The van der Waals surface area contributed by atoms with E-state index in [4.69, 9.17) is 9.47 Å². The summed E-state index contributed by atoms with van der Waals surface area (Å²) in [5, 5.41) is 5.04. The van der Waals surface area contributed by atoms with Gasteiger partial charge in [0.25, 0.3) is 0 Å². The van der Waals surface area contributed by atoms with Gasteiger partial charge in [0.1, 0.15) is 0 Å². The smallest absolute Gasteiger partial charge is 0.225 e. The molecule has 1 amide bonds. The number of rotatable bonds is 7. The van der Waals surface area contributed by atoms with Crippen molar-refractivity contribution in [2.45, 2.75) is 51.2 Å². The molecule has 134 valence electrons. The lowest BCUT2D eigenvalue weighted by Gasteiger charge is -2.19. The fourth-order valence-corrected chi connectivity index (χ4v) is 3.89. The van der Waals surface area contributed by atoms with Crippen LogP contribution in [0.25, 0.3) is 0 Å². The van der Waals surface area contributed by atoms with E-state index in [-0.39, 0.29) is 11.9 Å². The second-order valence-corrected chi connectivity index (χ2v) is 7.51. The fraction of sp³-hybridized carbons (Fsp3) is 0.450. The quantitative estimate of drug-likeness (QED) is 0.792. The number of hydrogen-bond acceptors (Lipinski definition) is 4. The molecule has 1 atom stereocenters. The van der Waals surface area contributed by atoms with Crippen LogP contribution in [0.4, 0.5) is 0 Å². The topological polar surface area (TPSA) is 47.6 Å². The van der Waals surface area contributed by atoms with Gasteiger partial charge in [0.05, 0.1) is 25.7 Å². The molecule has 1 aliphatic carbocycles. The van der Waals surface area contributed by atoms with E-state index in [9.17, 15) is 4.79 Å². The first-order valence-corrected chi connectivity index (χ1v) is 9.70. The Kier molecular flexibility index (Phi) is 5.97. The maximum Gasteiger partial charge on any atom is 0.225 e. The summed E-state index contributed by atoms with van der Waals surface area (Å²) < 4.78 is 11.6. The van der Waals surface area contributed by atoms with Crippen LogP contribution in [-0.2, 0) is 11.2 Å².